The predicted molar refractivity (Wildman–Crippen MR) is 131 cm³/mol. The highest BCUT2D eigenvalue weighted by Gasteiger charge is 2.61. The SMILES string of the molecule is CC(C)(C)OC(=O)N[C@H]1[C@H](OC[C@H]2O[C@@H]3OC(C)(C)O[C@@H]3[C@H]3OC(C)(C)O[C@H]32)O[C@@H]2COC(C)(C)O[C@H]2[C@H]1O. The molecular formula is C26H43NO12. The molecule has 0 spiro atoms. The number of rotatable bonds is 4. The van der Waals surface area contributed by atoms with E-state index in [1.807, 2.05) is 27.7 Å². The molecule has 10 atom stereocenters. The molecule has 5 saturated heterocycles. The van der Waals surface area contributed by atoms with Crippen molar-refractivity contribution in [2.75, 3.05) is 13.2 Å². The van der Waals surface area contributed by atoms with Crippen molar-refractivity contribution in [3.63, 3.8) is 0 Å². The number of carbonyl (C=O) groups is 1. The van der Waals surface area contributed by atoms with Crippen molar-refractivity contribution >= 4 is 6.09 Å². The molecule has 2 N–H and O–H groups in total. The highest BCUT2D eigenvalue weighted by Crippen LogP contribution is 2.44. The molecule has 5 heterocycles. The van der Waals surface area contributed by atoms with Crippen LogP contribution < -0.4 is 5.32 Å². The molecule has 39 heavy (non-hydrogen) atoms. The van der Waals surface area contributed by atoms with E-state index in [0.29, 0.717) is 0 Å². The third kappa shape index (κ3) is 6.37. The Balaban J connectivity index is 1.32. The predicted octanol–water partition coefficient (Wildman–Crippen LogP) is 1.53. The maximum Gasteiger partial charge on any atom is 0.408 e. The molecule has 0 aliphatic carbocycles. The lowest BCUT2D eigenvalue weighted by atomic mass is 9.95. The van der Waals surface area contributed by atoms with Crippen LogP contribution in [0.1, 0.15) is 62.3 Å². The molecule has 0 unspecified atom stereocenters. The molecule has 5 aliphatic heterocycles. The summed E-state index contributed by atoms with van der Waals surface area (Å²) in [4.78, 5) is 12.7. The van der Waals surface area contributed by atoms with E-state index in [9.17, 15) is 9.90 Å². The highest BCUT2D eigenvalue weighted by atomic mass is 16.9. The second kappa shape index (κ2) is 10.0. The second-order valence-corrected chi connectivity index (χ2v) is 13.0. The largest absolute Gasteiger partial charge is 0.444 e. The van der Waals surface area contributed by atoms with Crippen LogP contribution >= 0.6 is 0 Å². The van der Waals surface area contributed by atoms with Crippen LogP contribution in [0.5, 0.6) is 0 Å². The average Bonchev–Trinajstić information content (AvgIpc) is 3.27. The van der Waals surface area contributed by atoms with Gasteiger partial charge in [0.2, 0.25) is 0 Å². The molecular weight excluding hydrogens is 518 g/mol. The lowest BCUT2D eigenvalue weighted by Crippen LogP contribution is -2.69. The summed E-state index contributed by atoms with van der Waals surface area (Å²) < 4.78 is 60.1. The van der Waals surface area contributed by atoms with Crippen LogP contribution in [-0.2, 0) is 47.4 Å². The third-order valence-corrected chi connectivity index (χ3v) is 7.05. The normalized spacial score (nSPS) is 44.2. The van der Waals surface area contributed by atoms with Crippen LogP contribution in [0.25, 0.3) is 0 Å². The van der Waals surface area contributed by atoms with Gasteiger partial charge in [0, 0.05) is 0 Å². The third-order valence-electron chi connectivity index (χ3n) is 7.05. The molecule has 0 aromatic carbocycles. The molecule has 13 nitrogen and oxygen atoms in total. The van der Waals surface area contributed by atoms with Gasteiger partial charge in [0.05, 0.1) is 13.2 Å². The number of hydrogen-bond donors (Lipinski definition) is 2. The Hall–Kier alpha value is -1.13. The molecule has 5 fully saturated rings. The summed E-state index contributed by atoms with van der Waals surface area (Å²) in [7, 11) is 0. The van der Waals surface area contributed by atoms with Crippen LogP contribution in [0.4, 0.5) is 4.79 Å². The minimum Gasteiger partial charge on any atom is -0.444 e. The smallest absolute Gasteiger partial charge is 0.408 e. The fourth-order valence-corrected chi connectivity index (χ4v) is 5.60. The van der Waals surface area contributed by atoms with E-state index in [1.165, 1.54) is 0 Å². The van der Waals surface area contributed by atoms with Gasteiger partial charge in [0.25, 0.3) is 0 Å². The van der Waals surface area contributed by atoms with E-state index in [2.05, 4.69) is 5.32 Å². The van der Waals surface area contributed by atoms with Crippen molar-refractivity contribution in [2.24, 2.45) is 0 Å². The van der Waals surface area contributed by atoms with E-state index in [4.69, 9.17) is 47.4 Å². The van der Waals surface area contributed by atoms with Crippen molar-refractivity contribution in [3.8, 4) is 0 Å². The molecule has 0 aromatic rings. The first-order valence-corrected chi connectivity index (χ1v) is 13.6. The highest BCUT2D eigenvalue weighted by molar-refractivity contribution is 5.68. The molecule has 1 amide bonds. The fraction of sp³-hybridized carbons (Fsp3) is 0.962. The van der Waals surface area contributed by atoms with Gasteiger partial charge in [-0.25, -0.2) is 4.79 Å². The minimum absolute atomic E-state index is 0.0118. The first kappa shape index (κ1) is 29.4. The summed E-state index contributed by atoms with van der Waals surface area (Å²) in [6, 6.07) is -1.01. The lowest BCUT2D eigenvalue weighted by molar-refractivity contribution is -0.371. The first-order chi connectivity index (χ1) is 17.9. The zero-order valence-corrected chi connectivity index (χ0v) is 24.1. The number of fused-ring (bicyclic) bond motifs is 4. The Bertz CT molecular complexity index is 919. The van der Waals surface area contributed by atoms with Crippen LogP contribution in [0.15, 0.2) is 0 Å². The van der Waals surface area contributed by atoms with E-state index in [0.717, 1.165) is 0 Å². The van der Waals surface area contributed by atoms with Gasteiger partial charge in [0.15, 0.2) is 29.9 Å². The van der Waals surface area contributed by atoms with Gasteiger partial charge in [-0.2, -0.15) is 0 Å². The Morgan fingerprint density at radius 3 is 2.18 bits per heavy atom. The van der Waals surface area contributed by atoms with Crippen molar-refractivity contribution in [1.82, 2.24) is 5.32 Å². The molecule has 0 saturated carbocycles. The summed E-state index contributed by atoms with van der Waals surface area (Å²) >= 11 is 0. The van der Waals surface area contributed by atoms with Gasteiger partial charge in [-0.05, 0) is 62.3 Å². The van der Waals surface area contributed by atoms with Crippen LogP contribution in [0, 0.1) is 0 Å². The number of amides is 1. The number of nitrogens with one attached hydrogen (secondary N) is 1. The van der Waals surface area contributed by atoms with Gasteiger partial charge in [-0.1, -0.05) is 0 Å². The zero-order valence-electron chi connectivity index (χ0n) is 24.1. The van der Waals surface area contributed by atoms with Gasteiger partial charge in [-0.15, -0.1) is 0 Å². The standard InChI is InChI=1S/C26H43NO12/c1-23(2,3)39-22(29)27-14-15(28)16-13(11-31-24(4,5)34-16)32-20(14)30-10-12-17-18(36-25(6,7)35-17)19-21(33-12)38-26(8,9)37-19/h12-21,28H,10-11H2,1-9H3,(H,27,29)/t12-,13-,14-,15+,16-,17+,18+,19-,20-,21-/m1/s1. The Morgan fingerprint density at radius 1 is 0.872 bits per heavy atom. The quantitative estimate of drug-likeness (QED) is 0.514. The summed E-state index contributed by atoms with van der Waals surface area (Å²) in [5.41, 5.74) is -0.744. The number of aliphatic hydroxyl groups excluding tert-OH is 1. The number of carbonyl (C=O) groups excluding carboxylic acids is 1. The molecule has 224 valence electrons. The molecule has 5 rings (SSSR count). The molecule has 13 heteroatoms. The van der Waals surface area contributed by atoms with Crippen LogP contribution in [0.3, 0.4) is 0 Å². The maximum absolute atomic E-state index is 12.7. The molecule has 5 aliphatic rings. The van der Waals surface area contributed by atoms with Crippen LogP contribution in [-0.4, -0.2) is 109 Å². The van der Waals surface area contributed by atoms with E-state index in [1.54, 1.807) is 34.6 Å². The summed E-state index contributed by atoms with van der Waals surface area (Å²) in [5.74, 6) is -2.65. The van der Waals surface area contributed by atoms with E-state index >= 15 is 0 Å². The summed E-state index contributed by atoms with van der Waals surface area (Å²) in [6.07, 6.45) is -7.10. The average molecular weight is 562 g/mol. The fourth-order valence-electron chi connectivity index (χ4n) is 5.60. The van der Waals surface area contributed by atoms with Gasteiger partial charge in [0.1, 0.15) is 54.4 Å². The minimum atomic E-state index is -1.17. The van der Waals surface area contributed by atoms with Gasteiger partial charge >= 0.3 is 6.09 Å². The monoisotopic (exact) mass is 561 g/mol. The Labute approximate surface area is 228 Å². The van der Waals surface area contributed by atoms with Gasteiger partial charge < -0.3 is 57.8 Å². The Morgan fingerprint density at radius 2 is 1.49 bits per heavy atom. The first-order valence-electron chi connectivity index (χ1n) is 13.6. The molecule has 0 radical (unpaired) electrons. The van der Waals surface area contributed by atoms with Crippen molar-refractivity contribution in [2.45, 2.75) is 147 Å². The number of aliphatic hydroxyl groups is 1. The van der Waals surface area contributed by atoms with E-state index < -0.39 is 90.4 Å². The summed E-state index contributed by atoms with van der Waals surface area (Å²) in [6.45, 7) is 16.2. The second-order valence-electron chi connectivity index (χ2n) is 13.0. The van der Waals surface area contributed by atoms with E-state index in [-0.39, 0.29) is 13.2 Å². The zero-order chi connectivity index (χ0) is 28.5. The van der Waals surface area contributed by atoms with Crippen molar-refractivity contribution in [3.05, 3.63) is 0 Å². The lowest BCUT2D eigenvalue weighted by Gasteiger charge is -2.50. The van der Waals surface area contributed by atoms with Crippen LogP contribution in [0.2, 0.25) is 0 Å². The maximum atomic E-state index is 12.7. The molecule has 0 aromatic heterocycles. The van der Waals surface area contributed by atoms with Gasteiger partial charge in [-0.3, -0.25) is 0 Å². The number of alkyl carbamates (subject to hydrolysis) is 1. The van der Waals surface area contributed by atoms with Crippen molar-refractivity contribution < 1.29 is 57.3 Å². The number of ether oxygens (including phenoxy) is 10. The number of hydrogen-bond acceptors (Lipinski definition) is 12. The summed E-state index contributed by atoms with van der Waals surface area (Å²) in [5, 5.41) is 14.0. The Kier molecular flexibility index (Phi) is 7.53. The van der Waals surface area contributed by atoms with Crippen molar-refractivity contribution in [1.29, 1.82) is 0 Å². The topological polar surface area (TPSA) is 142 Å². The molecule has 0 bridgehead atoms.